The molecule has 0 fully saturated rings. The van der Waals surface area contributed by atoms with Gasteiger partial charge in [-0.2, -0.15) is 0 Å². The van der Waals surface area contributed by atoms with E-state index in [2.05, 4.69) is 4.98 Å². The Labute approximate surface area is 174 Å². The number of thiazole rings is 1. The maximum absolute atomic E-state index is 12.2. The van der Waals surface area contributed by atoms with Gasteiger partial charge in [0.15, 0.2) is 11.5 Å². The smallest absolute Gasteiger partial charge is 0.306 e. The number of aryl methyl sites for hydroxylation is 1. The highest BCUT2D eigenvalue weighted by Crippen LogP contribution is 2.38. The molecule has 29 heavy (non-hydrogen) atoms. The zero-order valence-corrected chi connectivity index (χ0v) is 17.5. The molecule has 0 aliphatic carbocycles. The van der Waals surface area contributed by atoms with E-state index in [-0.39, 0.29) is 19.0 Å². The number of hydrogen-bond acceptors (Lipinski definition) is 7. The molecule has 1 aromatic heterocycles. The number of carbonyl (C=O) groups excluding carboxylic acids is 1. The van der Waals surface area contributed by atoms with E-state index in [1.165, 1.54) is 11.3 Å². The molecule has 0 bridgehead atoms. The topological polar surface area (TPSA) is 66.9 Å². The van der Waals surface area contributed by atoms with E-state index >= 15 is 0 Å². The lowest BCUT2D eigenvalue weighted by molar-refractivity contribution is -0.145. The third-order valence-corrected chi connectivity index (χ3v) is 5.24. The second-order valence-electron chi connectivity index (χ2n) is 6.20. The van der Waals surface area contributed by atoms with E-state index < -0.39 is 0 Å². The quantitative estimate of drug-likeness (QED) is 0.481. The number of methoxy groups -OCH3 is 3. The van der Waals surface area contributed by atoms with Crippen molar-refractivity contribution in [2.45, 2.75) is 19.4 Å². The summed E-state index contributed by atoms with van der Waals surface area (Å²) in [5, 5.41) is 2.82. The van der Waals surface area contributed by atoms with Crippen molar-refractivity contribution in [3.05, 3.63) is 59.1 Å². The first-order valence-corrected chi connectivity index (χ1v) is 9.97. The Morgan fingerprint density at radius 3 is 2.31 bits per heavy atom. The first kappa shape index (κ1) is 20.7. The molecule has 0 aliphatic heterocycles. The molecule has 0 aliphatic rings. The van der Waals surface area contributed by atoms with Crippen molar-refractivity contribution >= 4 is 17.3 Å². The standard InChI is InChI=1S/C22H23NO5S/c1-25-18-11-15(12-19(26-2)21(18)27-3)9-10-20(24)28-13-17-14-29-22(23-17)16-7-5-4-6-8-16/h4-8,11-12,14H,9-10,13H2,1-3H3. The molecule has 0 saturated carbocycles. The summed E-state index contributed by atoms with van der Waals surface area (Å²) in [6, 6.07) is 13.6. The first-order valence-electron chi connectivity index (χ1n) is 9.09. The van der Waals surface area contributed by atoms with Crippen molar-refractivity contribution in [1.82, 2.24) is 4.98 Å². The number of rotatable bonds is 9. The van der Waals surface area contributed by atoms with Crippen LogP contribution in [0.25, 0.3) is 10.6 Å². The molecule has 7 heteroatoms. The van der Waals surface area contributed by atoms with Crippen molar-refractivity contribution in [3.8, 4) is 27.8 Å². The Bertz CT molecular complexity index is 930. The number of hydrogen-bond donors (Lipinski definition) is 0. The van der Waals surface area contributed by atoms with Gasteiger partial charge in [-0.1, -0.05) is 30.3 Å². The predicted molar refractivity (Wildman–Crippen MR) is 112 cm³/mol. The summed E-state index contributed by atoms with van der Waals surface area (Å²) in [4.78, 5) is 16.7. The van der Waals surface area contributed by atoms with Crippen LogP contribution in [-0.2, 0) is 22.6 Å². The van der Waals surface area contributed by atoms with Gasteiger partial charge in [-0.25, -0.2) is 4.98 Å². The summed E-state index contributed by atoms with van der Waals surface area (Å²) >= 11 is 1.53. The summed E-state index contributed by atoms with van der Waals surface area (Å²) in [6.45, 7) is 0.164. The van der Waals surface area contributed by atoms with Gasteiger partial charge in [0.05, 0.1) is 27.0 Å². The molecule has 2 aromatic carbocycles. The highest BCUT2D eigenvalue weighted by atomic mass is 32.1. The van der Waals surface area contributed by atoms with Gasteiger partial charge < -0.3 is 18.9 Å². The predicted octanol–water partition coefficient (Wildman–Crippen LogP) is 4.51. The molecule has 0 amide bonds. The van der Waals surface area contributed by atoms with Crippen LogP contribution < -0.4 is 14.2 Å². The third kappa shape index (κ3) is 5.26. The van der Waals surface area contributed by atoms with Crippen molar-refractivity contribution in [2.24, 2.45) is 0 Å². The molecular weight excluding hydrogens is 390 g/mol. The molecule has 0 radical (unpaired) electrons. The van der Waals surface area contributed by atoms with E-state index in [1.54, 1.807) is 21.3 Å². The van der Waals surface area contributed by atoms with Gasteiger partial charge >= 0.3 is 5.97 Å². The summed E-state index contributed by atoms with van der Waals surface area (Å²) in [5.74, 6) is 1.37. The SMILES string of the molecule is COc1cc(CCC(=O)OCc2csc(-c3ccccc3)n2)cc(OC)c1OC. The zero-order valence-electron chi connectivity index (χ0n) is 16.6. The Morgan fingerprint density at radius 1 is 1.00 bits per heavy atom. The Kier molecular flexibility index (Phi) is 7.08. The summed E-state index contributed by atoms with van der Waals surface area (Å²) in [5.41, 5.74) is 2.70. The fourth-order valence-electron chi connectivity index (χ4n) is 2.84. The summed E-state index contributed by atoms with van der Waals surface area (Å²) < 4.78 is 21.4. The lowest BCUT2D eigenvalue weighted by Crippen LogP contribution is -2.06. The van der Waals surface area contributed by atoms with Crippen LogP contribution in [0.2, 0.25) is 0 Å². The highest BCUT2D eigenvalue weighted by Gasteiger charge is 2.14. The number of esters is 1. The number of carbonyl (C=O) groups is 1. The normalized spacial score (nSPS) is 10.4. The average Bonchev–Trinajstić information content (AvgIpc) is 3.25. The van der Waals surface area contributed by atoms with Crippen LogP contribution in [0.3, 0.4) is 0 Å². The van der Waals surface area contributed by atoms with Gasteiger partial charge in [0, 0.05) is 17.4 Å². The van der Waals surface area contributed by atoms with Crippen molar-refractivity contribution in [3.63, 3.8) is 0 Å². The fourth-order valence-corrected chi connectivity index (χ4v) is 3.65. The largest absolute Gasteiger partial charge is 0.493 e. The van der Waals surface area contributed by atoms with Crippen molar-refractivity contribution < 1.29 is 23.7 Å². The van der Waals surface area contributed by atoms with Crippen molar-refractivity contribution in [1.29, 1.82) is 0 Å². The zero-order chi connectivity index (χ0) is 20.6. The van der Waals surface area contributed by atoms with Gasteiger partial charge in [-0.15, -0.1) is 11.3 Å². The average molecular weight is 413 g/mol. The minimum atomic E-state index is -0.284. The molecule has 0 unspecified atom stereocenters. The van der Waals surface area contributed by atoms with E-state index in [0.29, 0.717) is 23.7 Å². The maximum Gasteiger partial charge on any atom is 0.306 e. The van der Waals surface area contributed by atoms with Gasteiger partial charge in [0.1, 0.15) is 11.6 Å². The van der Waals surface area contributed by atoms with E-state index in [1.807, 2.05) is 47.8 Å². The molecule has 152 valence electrons. The molecule has 0 spiro atoms. The van der Waals surface area contributed by atoms with Crippen molar-refractivity contribution in [2.75, 3.05) is 21.3 Å². The summed E-state index contributed by atoms with van der Waals surface area (Å²) in [6.07, 6.45) is 0.746. The molecule has 3 aromatic rings. The lowest BCUT2D eigenvalue weighted by atomic mass is 10.1. The van der Waals surface area contributed by atoms with Crippen LogP contribution in [0.15, 0.2) is 47.8 Å². The monoisotopic (exact) mass is 413 g/mol. The molecule has 6 nitrogen and oxygen atoms in total. The Hall–Kier alpha value is -3.06. The molecular formula is C22H23NO5S. The van der Waals surface area contributed by atoms with Gasteiger partial charge in [-0.3, -0.25) is 4.79 Å². The van der Waals surface area contributed by atoms with Crippen LogP contribution >= 0.6 is 11.3 Å². The van der Waals surface area contributed by atoms with Crippen LogP contribution in [0, 0.1) is 0 Å². The van der Waals surface area contributed by atoms with Crippen LogP contribution in [0.5, 0.6) is 17.2 Å². The Balaban J connectivity index is 1.55. The van der Waals surface area contributed by atoms with Crippen LogP contribution in [-0.4, -0.2) is 32.3 Å². The van der Waals surface area contributed by atoms with Gasteiger partial charge in [0.25, 0.3) is 0 Å². The maximum atomic E-state index is 12.2. The number of benzene rings is 2. The minimum absolute atomic E-state index is 0.164. The number of aromatic nitrogens is 1. The molecule has 1 heterocycles. The number of ether oxygens (including phenoxy) is 4. The number of nitrogens with zero attached hydrogens (tertiary/aromatic N) is 1. The second-order valence-corrected chi connectivity index (χ2v) is 7.06. The summed E-state index contributed by atoms with van der Waals surface area (Å²) in [7, 11) is 4.68. The third-order valence-electron chi connectivity index (χ3n) is 4.30. The van der Waals surface area contributed by atoms with Gasteiger partial charge in [-0.05, 0) is 24.1 Å². The second kappa shape index (κ2) is 9.93. The van der Waals surface area contributed by atoms with Crippen LogP contribution in [0.1, 0.15) is 17.7 Å². The first-order chi connectivity index (χ1) is 14.1. The lowest BCUT2D eigenvalue weighted by Gasteiger charge is -2.14. The molecule has 0 saturated heterocycles. The molecule has 0 N–H and O–H groups in total. The van der Waals surface area contributed by atoms with E-state index in [0.717, 1.165) is 21.8 Å². The van der Waals surface area contributed by atoms with E-state index in [9.17, 15) is 4.79 Å². The van der Waals surface area contributed by atoms with Gasteiger partial charge in [0.2, 0.25) is 5.75 Å². The molecule has 0 atom stereocenters. The van der Waals surface area contributed by atoms with Crippen LogP contribution in [0.4, 0.5) is 0 Å². The fraction of sp³-hybridized carbons (Fsp3) is 0.273. The molecule has 3 rings (SSSR count). The van der Waals surface area contributed by atoms with E-state index in [4.69, 9.17) is 18.9 Å². The minimum Gasteiger partial charge on any atom is -0.493 e. The highest BCUT2D eigenvalue weighted by molar-refractivity contribution is 7.13. The Morgan fingerprint density at radius 2 is 1.69 bits per heavy atom.